The van der Waals surface area contributed by atoms with Gasteiger partial charge in [0, 0.05) is 44.5 Å². The average Bonchev–Trinajstić information content (AvgIpc) is 3.02. The fourth-order valence-corrected chi connectivity index (χ4v) is 5.28. The number of hydrogen-bond acceptors (Lipinski definition) is 4. The summed E-state index contributed by atoms with van der Waals surface area (Å²) in [5, 5.41) is 3.37. The normalized spacial score (nSPS) is 21.3. The molecular weight excluding hydrogens is 346 g/mol. The smallest absolute Gasteiger partial charge is 0.243 e. The second-order valence-electron chi connectivity index (χ2n) is 7.23. The molecule has 2 aliphatic heterocycles. The second kappa shape index (κ2) is 7.02. The molecule has 6 heteroatoms. The van der Waals surface area contributed by atoms with E-state index in [1.807, 2.05) is 30.3 Å². The van der Waals surface area contributed by atoms with Crippen molar-refractivity contribution in [1.29, 1.82) is 0 Å². The lowest BCUT2D eigenvalue weighted by Crippen LogP contribution is -2.48. The first-order valence-electron chi connectivity index (χ1n) is 9.18. The molecule has 26 heavy (non-hydrogen) atoms. The Balaban J connectivity index is 1.43. The Morgan fingerprint density at radius 2 is 1.77 bits per heavy atom. The second-order valence-corrected chi connectivity index (χ2v) is 9.17. The summed E-state index contributed by atoms with van der Waals surface area (Å²) in [4.78, 5) is 2.74. The molecule has 2 aromatic carbocycles. The molecule has 1 atom stereocenters. The van der Waals surface area contributed by atoms with Crippen molar-refractivity contribution in [2.75, 3.05) is 31.5 Å². The van der Waals surface area contributed by atoms with Gasteiger partial charge in [0.25, 0.3) is 0 Å². The molecular formula is C20H25N3O2S. The van der Waals surface area contributed by atoms with Crippen molar-refractivity contribution in [3.63, 3.8) is 0 Å². The van der Waals surface area contributed by atoms with Crippen LogP contribution in [0, 0.1) is 0 Å². The maximum atomic E-state index is 13.0. The Morgan fingerprint density at radius 3 is 2.50 bits per heavy atom. The lowest BCUT2D eigenvalue weighted by atomic mass is 10.1. The highest BCUT2D eigenvalue weighted by molar-refractivity contribution is 7.89. The van der Waals surface area contributed by atoms with Gasteiger partial charge >= 0.3 is 0 Å². The summed E-state index contributed by atoms with van der Waals surface area (Å²) in [5.74, 6) is 0. The van der Waals surface area contributed by atoms with E-state index in [1.165, 1.54) is 5.56 Å². The van der Waals surface area contributed by atoms with E-state index in [4.69, 9.17) is 0 Å². The number of fused-ring (bicyclic) bond motifs is 1. The number of rotatable bonds is 4. The minimum absolute atomic E-state index is 0.365. The molecule has 1 N–H and O–H groups in total. The summed E-state index contributed by atoms with van der Waals surface area (Å²) in [6.45, 7) is 5.59. The zero-order valence-electron chi connectivity index (χ0n) is 15.1. The van der Waals surface area contributed by atoms with Gasteiger partial charge in [0.2, 0.25) is 10.0 Å². The monoisotopic (exact) mass is 371 g/mol. The first kappa shape index (κ1) is 17.5. The van der Waals surface area contributed by atoms with Gasteiger partial charge in [0.05, 0.1) is 4.90 Å². The quantitative estimate of drug-likeness (QED) is 0.897. The maximum absolute atomic E-state index is 13.0. The number of nitrogens with zero attached hydrogens (tertiary/aromatic N) is 2. The van der Waals surface area contributed by atoms with Gasteiger partial charge in [0.15, 0.2) is 0 Å². The number of anilines is 1. The van der Waals surface area contributed by atoms with Crippen LogP contribution in [0.1, 0.15) is 18.1 Å². The Labute approximate surface area is 155 Å². The molecule has 1 unspecified atom stereocenters. The molecule has 0 spiro atoms. The van der Waals surface area contributed by atoms with Crippen LogP contribution < -0.4 is 5.32 Å². The van der Waals surface area contributed by atoms with Gasteiger partial charge in [-0.3, -0.25) is 4.90 Å². The first-order valence-corrected chi connectivity index (χ1v) is 10.6. The molecule has 0 amide bonds. The molecule has 5 nitrogen and oxygen atoms in total. The largest absolute Gasteiger partial charge is 0.382 e. The molecule has 0 bridgehead atoms. The standard InChI is InChI=1S/C20H25N3O2S/c1-16-13-18-14-19(7-8-20(18)21-16)26(24,25)23-11-9-22(10-12-23)15-17-5-3-2-4-6-17/h2-8,14,16,21H,9-13,15H2,1H3. The van der Waals surface area contributed by atoms with Gasteiger partial charge in [-0.05, 0) is 42.7 Å². The number of hydrogen-bond donors (Lipinski definition) is 1. The van der Waals surface area contributed by atoms with Crippen LogP contribution in [0.3, 0.4) is 0 Å². The van der Waals surface area contributed by atoms with E-state index in [1.54, 1.807) is 10.4 Å². The minimum atomic E-state index is -3.42. The van der Waals surface area contributed by atoms with E-state index < -0.39 is 10.0 Å². The number of nitrogens with one attached hydrogen (secondary N) is 1. The molecule has 2 heterocycles. The average molecular weight is 372 g/mol. The van der Waals surface area contributed by atoms with Crippen LogP contribution >= 0.6 is 0 Å². The third kappa shape index (κ3) is 3.49. The Hall–Kier alpha value is -1.89. The fourth-order valence-electron chi connectivity index (χ4n) is 3.81. The summed E-state index contributed by atoms with van der Waals surface area (Å²) in [6, 6.07) is 16.2. The highest BCUT2D eigenvalue weighted by Gasteiger charge is 2.29. The van der Waals surface area contributed by atoms with Crippen molar-refractivity contribution >= 4 is 15.7 Å². The number of benzene rings is 2. The lowest BCUT2D eigenvalue weighted by molar-refractivity contribution is 0.181. The SMILES string of the molecule is CC1Cc2cc(S(=O)(=O)N3CCN(Cc4ccccc4)CC3)ccc2N1. The first-order chi connectivity index (χ1) is 12.5. The van der Waals surface area contributed by atoms with E-state index in [0.29, 0.717) is 24.0 Å². The van der Waals surface area contributed by atoms with Crippen LogP contribution in [0.25, 0.3) is 0 Å². The summed E-state index contributed by atoms with van der Waals surface area (Å²) in [6.07, 6.45) is 0.879. The van der Waals surface area contributed by atoms with Crippen LogP contribution in [0.5, 0.6) is 0 Å². The molecule has 2 aliphatic rings. The third-order valence-electron chi connectivity index (χ3n) is 5.22. The van der Waals surface area contributed by atoms with Gasteiger partial charge in [0.1, 0.15) is 0 Å². The van der Waals surface area contributed by atoms with Crippen LogP contribution in [0.2, 0.25) is 0 Å². The summed E-state index contributed by atoms with van der Waals surface area (Å²) in [7, 11) is -3.42. The maximum Gasteiger partial charge on any atom is 0.243 e. The van der Waals surface area contributed by atoms with E-state index in [2.05, 4.69) is 29.3 Å². The van der Waals surface area contributed by atoms with E-state index >= 15 is 0 Å². The minimum Gasteiger partial charge on any atom is -0.382 e. The van der Waals surface area contributed by atoms with Crippen molar-refractivity contribution < 1.29 is 8.42 Å². The van der Waals surface area contributed by atoms with Crippen molar-refractivity contribution in [2.45, 2.75) is 30.8 Å². The topological polar surface area (TPSA) is 52.7 Å². The van der Waals surface area contributed by atoms with Crippen molar-refractivity contribution in [1.82, 2.24) is 9.21 Å². The predicted octanol–water partition coefficient (Wildman–Crippen LogP) is 2.55. The summed E-state index contributed by atoms with van der Waals surface area (Å²) >= 11 is 0. The highest BCUT2D eigenvalue weighted by atomic mass is 32.2. The van der Waals surface area contributed by atoms with Gasteiger partial charge in [-0.15, -0.1) is 0 Å². The van der Waals surface area contributed by atoms with Crippen molar-refractivity contribution in [3.8, 4) is 0 Å². The Bertz CT molecular complexity index is 875. The molecule has 4 rings (SSSR count). The van der Waals surface area contributed by atoms with Crippen molar-refractivity contribution in [2.24, 2.45) is 0 Å². The molecule has 0 radical (unpaired) electrons. The molecule has 138 valence electrons. The van der Waals surface area contributed by atoms with Crippen LogP contribution in [-0.2, 0) is 23.0 Å². The molecule has 1 fully saturated rings. The van der Waals surface area contributed by atoms with Gasteiger partial charge in [-0.25, -0.2) is 8.42 Å². The van der Waals surface area contributed by atoms with E-state index in [9.17, 15) is 8.42 Å². The summed E-state index contributed by atoms with van der Waals surface area (Å²) < 4.78 is 27.7. The van der Waals surface area contributed by atoms with Gasteiger partial charge in [-0.2, -0.15) is 4.31 Å². The molecule has 0 aromatic heterocycles. The fraction of sp³-hybridized carbons (Fsp3) is 0.400. The molecule has 2 aromatic rings. The van der Waals surface area contributed by atoms with Crippen LogP contribution in [0.15, 0.2) is 53.4 Å². The van der Waals surface area contributed by atoms with Gasteiger partial charge in [-0.1, -0.05) is 30.3 Å². The van der Waals surface area contributed by atoms with Crippen LogP contribution in [0.4, 0.5) is 5.69 Å². The van der Waals surface area contributed by atoms with Crippen LogP contribution in [-0.4, -0.2) is 49.8 Å². The molecule has 0 saturated carbocycles. The zero-order chi connectivity index (χ0) is 18.1. The molecule has 1 saturated heterocycles. The predicted molar refractivity (Wildman–Crippen MR) is 104 cm³/mol. The number of sulfonamides is 1. The highest BCUT2D eigenvalue weighted by Crippen LogP contribution is 2.29. The lowest BCUT2D eigenvalue weighted by Gasteiger charge is -2.34. The molecule has 0 aliphatic carbocycles. The third-order valence-corrected chi connectivity index (χ3v) is 7.12. The Morgan fingerprint density at radius 1 is 1.04 bits per heavy atom. The van der Waals surface area contributed by atoms with E-state index in [-0.39, 0.29) is 0 Å². The number of piperazine rings is 1. The van der Waals surface area contributed by atoms with E-state index in [0.717, 1.165) is 37.3 Å². The van der Waals surface area contributed by atoms with Gasteiger partial charge < -0.3 is 5.32 Å². The summed E-state index contributed by atoms with van der Waals surface area (Å²) in [5.41, 5.74) is 3.43. The Kier molecular flexibility index (Phi) is 4.73. The zero-order valence-corrected chi connectivity index (χ0v) is 15.9. The van der Waals surface area contributed by atoms with Crippen molar-refractivity contribution in [3.05, 3.63) is 59.7 Å².